The monoisotopic (exact) mass is 637 g/mol. The maximum atomic E-state index is 13.5. The highest BCUT2D eigenvalue weighted by Gasteiger charge is 2.27. The number of fused-ring (bicyclic) bond motifs is 1. The first-order valence-electron chi connectivity index (χ1n) is 11.6. The number of anilines is 1. The second-order valence-electron chi connectivity index (χ2n) is 9.02. The number of carbonyl (C=O) groups excluding carboxylic acids is 1. The zero-order valence-electron chi connectivity index (χ0n) is 20.1. The van der Waals surface area contributed by atoms with Crippen LogP contribution in [0.4, 0.5) is 5.69 Å². The molecule has 188 valence electrons. The lowest BCUT2D eigenvalue weighted by Gasteiger charge is -2.37. The number of nitriles is 1. The molecule has 0 radical (unpaired) electrons. The number of piperazine rings is 1. The number of rotatable bonds is 6. The maximum absolute atomic E-state index is 13.5. The minimum Gasteiger partial charge on any atom is -0.366 e. The summed E-state index contributed by atoms with van der Waals surface area (Å²) in [6.45, 7) is 3.31. The van der Waals surface area contributed by atoms with Crippen molar-refractivity contribution >= 4 is 68.3 Å². The van der Waals surface area contributed by atoms with Gasteiger partial charge in [0.1, 0.15) is 11.6 Å². The number of pyridine rings is 1. The molecule has 0 aliphatic carbocycles. The van der Waals surface area contributed by atoms with Gasteiger partial charge in [-0.1, -0.05) is 23.2 Å². The molecule has 0 spiro atoms. The first kappa shape index (κ1) is 26.7. The predicted octanol–water partition coefficient (Wildman–Crippen LogP) is 4.70. The molecular formula is C26H26Cl2IN5O2. The molecule has 36 heavy (non-hydrogen) atoms. The molecule has 1 aliphatic rings. The van der Waals surface area contributed by atoms with E-state index in [-0.39, 0.29) is 17.0 Å². The minimum atomic E-state index is -0.269. The van der Waals surface area contributed by atoms with Crippen molar-refractivity contribution in [3.05, 3.63) is 71.5 Å². The smallest absolute Gasteiger partial charge is 0.271 e. The third-order valence-corrected chi connectivity index (χ3v) is 7.76. The molecule has 1 aromatic heterocycles. The van der Waals surface area contributed by atoms with Crippen LogP contribution in [0.2, 0.25) is 10.0 Å². The molecule has 1 aliphatic heterocycles. The van der Waals surface area contributed by atoms with Crippen LogP contribution < -0.4 is 10.5 Å². The number of aryl methyl sites for hydroxylation is 1. The molecule has 7 nitrogen and oxygen atoms in total. The van der Waals surface area contributed by atoms with Gasteiger partial charge >= 0.3 is 0 Å². The van der Waals surface area contributed by atoms with Crippen molar-refractivity contribution in [3.63, 3.8) is 0 Å². The Hall–Kier alpha value is -2.32. The van der Waals surface area contributed by atoms with Crippen LogP contribution in [0.1, 0.15) is 22.3 Å². The Morgan fingerprint density at radius 1 is 1.08 bits per heavy atom. The highest BCUT2D eigenvalue weighted by molar-refractivity contribution is 14.1. The predicted molar refractivity (Wildman–Crippen MR) is 153 cm³/mol. The van der Waals surface area contributed by atoms with Crippen LogP contribution in [0.15, 0.2) is 41.2 Å². The van der Waals surface area contributed by atoms with E-state index in [1.807, 2.05) is 32.3 Å². The number of amides is 1. The van der Waals surface area contributed by atoms with Gasteiger partial charge in [0.05, 0.1) is 21.2 Å². The molecule has 0 atom stereocenters. The number of benzene rings is 2. The van der Waals surface area contributed by atoms with Gasteiger partial charge in [0.15, 0.2) is 0 Å². The summed E-state index contributed by atoms with van der Waals surface area (Å²) in [5.41, 5.74) is 1.84. The summed E-state index contributed by atoms with van der Waals surface area (Å²) >= 11 is 14.3. The van der Waals surface area contributed by atoms with E-state index in [0.29, 0.717) is 54.0 Å². The third kappa shape index (κ3) is 5.49. The van der Waals surface area contributed by atoms with Crippen molar-refractivity contribution in [2.45, 2.75) is 13.0 Å². The Morgan fingerprint density at radius 3 is 2.44 bits per heavy atom. The van der Waals surface area contributed by atoms with Crippen LogP contribution in [-0.4, -0.2) is 67.1 Å². The quantitative estimate of drug-likeness (QED) is 0.367. The van der Waals surface area contributed by atoms with Crippen molar-refractivity contribution in [2.24, 2.45) is 0 Å². The van der Waals surface area contributed by atoms with E-state index < -0.39 is 0 Å². The van der Waals surface area contributed by atoms with Crippen molar-refractivity contribution in [1.29, 1.82) is 5.26 Å². The van der Waals surface area contributed by atoms with Crippen LogP contribution in [0, 0.1) is 14.9 Å². The SMILES string of the molecule is CN(C)CCCn1c(=O)c(C#N)c(N2CCN(C(=O)c3ccc(Cl)c(Cl)c3)CC2)c2cc(I)ccc21. The van der Waals surface area contributed by atoms with Crippen molar-refractivity contribution < 1.29 is 4.79 Å². The van der Waals surface area contributed by atoms with Crippen molar-refractivity contribution in [2.75, 3.05) is 51.7 Å². The number of aromatic nitrogens is 1. The summed E-state index contributed by atoms with van der Waals surface area (Å²) in [4.78, 5) is 32.4. The second kappa shape index (κ2) is 11.4. The zero-order chi connectivity index (χ0) is 26.0. The number of hydrogen-bond donors (Lipinski definition) is 0. The molecule has 0 unspecified atom stereocenters. The maximum Gasteiger partial charge on any atom is 0.271 e. The molecule has 0 saturated carbocycles. The fourth-order valence-electron chi connectivity index (χ4n) is 4.55. The topological polar surface area (TPSA) is 72.6 Å². The fraction of sp³-hybridized carbons (Fsp3) is 0.346. The van der Waals surface area contributed by atoms with Gasteiger partial charge in [-0.25, -0.2) is 0 Å². The van der Waals surface area contributed by atoms with Gasteiger partial charge in [0, 0.05) is 47.2 Å². The molecule has 1 saturated heterocycles. The van der Waals surface area contributed by atoms with Crippen LogP contribution in [0.25, 0.3) is 10.9 Å². The molecule has 2 aromatic carbocycles. The molecular weight excluding hydrogens is 612 g/mol. The molecule has 3 aromatic rings. The van der Waals surface area contributed by atoms with Gasteiger partial charge in [-0.15, -0.1) is 0 Å². The molecule has 10 heteroatoms. The second-order valence-corrected chi connectivity index (χ2v) is 11.1. The number of nitrogens with zero attached hydrogens (tertiary/aromatic N) is 5. The molecule has 1 fully saturated rings. The minimum absolute atomic E-state index is 0.121. The average Bonchev–Trinajstić information content (AvgIpc) is 2.86. The van der Waals surface area contributed by atoms with Gasteiger partial charge in [-0.3, -0.25) is 9.59 Å². The number of halogens is 3. The lowest BCUT2D eigenvalue weighted by atomic mass is 10.1. The number of carbonyl (C=O) groups is 1. The molecule has 0 bridgehead atoms. The first-order valence-corrected chi connectivity index (χ1v) is 13.4. The summed E-state index contributed by atoms with van der Waals surface area (Å²) in [7, 11) is 4.00. The van der Waals surface area contributed by atoms with E-state index >= 15 is 0 Å². The first-order chi connectivity index (χ1) is 17.2. The van der Waals surface area contributed by atoms with Crippen LogP contribution in [0.3, 0.4) is 0 Å². The number of hydrogen-bond acceptors (Lipinski definition) is 5. The summed E-state index contributed by atoms with van der Waals surface area (Å²) < 4.78 is 2.75. The van der Waals surface area contributed by atoms with Crippen LogP contribution in [0.5, 0.6) is 0 Å². The Kier molecular flexibility index (Phi) is 8.45. The van der Waals surface area contributed by atoms with Crippen molar-refractivity contribution in [3.8, 4) is 6.07 Å². The summed E-state index contributed by atoms with van der Waals surface area (Å²) in [5, 5.41) is 11.7. The van der Waals surface area contributed by atoms with E-state index in [9.17, 15) is 14.9 Å². The van der Waals surface area contributed by atoms with Gasteiger partial charge in [-0.05, 0) is 86.0 Å². The van der Waals surface area contributed by atoms with Crippen LogP contribution in [-0.2, 0) is 6.54 Å². The van der Waals surface area contributed by atoms with Gasteiger partial charge in [-0.2, -0.15) is 5.26 Å². The normalized spacial score (nSPS) is 13.9. The Labute approximate surface area is 233 Å². The van der Waals surface area contributed by atoms with Gasteiger partial charge in [0.25, 0.3) is 11.5 Å². The Morgan fingerprint density at radius 2 is 1.81 bits per heavy atom. The molecule has 2 heterocycles. The van der Waals surface area contributed by atoms with Crippen LogP contribution >= 0.6 is 45.8 Å². The van der Waals surface area contributed by atoms with E-state index in [0.717, 1.165) is 27.4 Å². The van der Waals surface area contributed by atoms with E-state index in [1.165, 1.54) is 0 Å². The zero-order valence-corrected chi connectivity index (χ0v) is 23.8. The van der Waals surface area contributed by atoms with Gasteiger partial charge in [0.2, 0.25) is 0 Å². The molecule has 1 amide bonds. The van der Waals surface area contributed by atoms with E-state index in [2.05, 4.69) is 38.5 Å². The third-order valence-electron chi connectivity index (χ3n) is 6.35. The van der Waals surface area contributed by atoms with E-state index in [4.69, 9.17) is 23.2 Å². The Balaban J connectivity index is 1.65. The largest absolute Gasteiger partial charge is 0.366 e. The lowest BCUT2D eigenvalue weighted by Crippen LogP contribution is -2.49. The summed E-state index contributed by atoms with van der Waals surface area (Å²) in [5.74, 6) is -0.121. The standard InChI is InChI=1S/C26H26Cl2IN5O2/c1-31(2)8-3-9-34-23-7-5-18(29)15-19(23)24(20(16-30)26(34)36)32-10-12-33(13-11-32)25(35)17-4-6-21(27)22(28)14-17/h4-7,14-15H,3,8-13H2,1-2H3. The molecule has 0 N–H and O–H groups in total. The summed E-state index contributed by atoms with van der Waals surface area (Å²) in [6, 6.07) is 13.0. The Bertz CT molecular complexity index is 1410. The van der Waals surface area contributed by atoms with Crippen molar-refractivity contribution in [1.82, 2.24) is 14.4 Å². The summed E-state index contributed by atoms with van der Waals surface area (Å²) in [6.07, 6.45) is 0.799. The highest BCUT2D eigenvalue weighted by atomic mass is 127. The molecule has 4 rings (SSSR count). The van der Waals surface area contributed by atoms with E-state index in [1.54, 1.807) is 27.7 Å². The van der Waals surface area contributed by atoms with Gasteiger partial charge < -0.3 is 19.3 Å². The highest BCUT2D eigenvalue weighted by Crippen LogP contribution is 2.31. The average molecular weight is 638 g/mol. The fourth-order valence-corrected chi connectivity index (χ4v) is 5.34. The lowest BCUT2D eigenvalue weighted by molar-refractivity contribution is 0.0747.